The Bertz CT molecular complexity index is 828. The van der Waals surface area contributed by atoms with Gasteiger partial charge in [-0.1, -0.05) is 0 Å². The Morgan fingerprint density at radius 2 is 1.41 bits per heavy atom. The summed E-state index contributed by atoms with van der Waals surface area (Å²) in [7, 11) is 0. The van der Waals surface area contributed by atoms with Crippen LogP contribution in [0, 0.1) is 36.0 Å². The average molecular weight is 409 g/mol. The van der Waals surface area contributed by atoms with E-state index < -0.39 is 40.1 Å². The van der Waals surface area contributed by atoms with Gasteiger partial charge in [-0.15, -0.1) is 0 Å². The maximum absolute atomic E-state index is 13.4. The monoisotopic (exact) mass is 408 g/mol. The normalized spacial score (nSPS) is 10.8. The third-order valence-corrected chi connectivity index (χ3v) is 3.83. The minimum absolute atomic E-state index is 0.218. The van der Waals surface area contributed by atoms with Crippen LogP contribution in [0.15, 0.2) is 18.2 Å². The summed E-state index contributed by atoms with van der Waals surface area (Å²) < 4.78 is 76.1. The van der Waals surface area contributed by atoms with Crippen molar-refractivity contribution in [1.82, 2.24) is 0 Å². The van der Waals surface area contributed by atoms with Gasteiger partial charge in [-0.05, 0) is 55.1 Å². The molecule has 2 aromatic carbocycles. The molecule has 9 heteroatoms. The van der Waals surface area contributed by atoms with Crippen molar-refractivity contribution in [2.45, 2.75) is 19.8 Å². The zero-order valence-electron chi connectivity index (χ0n) is 14.1. The van der Waals surface area contributed by atoms with Gasteiger partial charge in [-0.25, -0.2) is 13.2 Å². The summed E-state index contributed by atoms with van der Waals surface area (Å²) in [6, 6.07) is 4.65. The summed E-state index contributed by atoms with van der Waals surface area (Å²) in [4.78, 5) is 11.1. The SMILES string of the molecule is Cc1cc(C(=O)Cl)ccc1OCCCCOc1c(F)c(F)c(F)c(F)c1F. The number of halogens is 6. The van der Waals surface area contributed by atoms with Crippen LogP contribution in [0.3, 0.4) is 0 Å². The molecular weight excluding hydrogens is 395 g/mol. The molecule has 0 bridgehead atoms. The van der Waals surface area contributed by atoms with E-state index in [1.807, 2.05) is 0 Å². The topological polar surface area (TPSA) is 35.5 Å². The van der Waals surface area contributed by atoms with E-state index in [0.717, 1.165) is 0 Å². The number of ether oxygens (including phenoxy) is 2. The van der Waals surface area contributed by atoms with Crippen molar-refractivity contribution in [2.24, 2.45) is 0 Å². The van der Waals surface area contributed by atoms with Crippen LogP contribution in [0.4, 0.5) is 22.0 Å². The van der Waals surface area contributed by atoms with Crippen LogP contribution in [-0.2, 0) is 0 Å². The van der Waals surface area contributed by atoms with Crippen LogP contribution in [0.25, 0.3) is 0 Å². The highest BCUT2D eigenvalue weighted by Gasteiger charge is 2.26. The minimum Gasteiger partial charge on any atom is -0.493 e. The van der Waals surface area contributed by atoms with Crippen molar-refractivity contribution in [3.8, 4) is 11.5 Å². The Morgan fingerprint density at radius 1 is 0.889 bits per heavy atom. The third-order valence-electron chi connectivity index (χ3n) is 3.61. The lowest BCUT2D eigenvalue weighted by Crippen LogP contribution is -2.09. The van der Waals surface area contributed by atoms with Crippen LogP contribution < -0.4 is 9.47 Å². The number of rotatable bonds is 8. The predicted octanol–water partition coefficient (Wildman–Crippen LogP) is 5.31. The number of carbonyl (C=O) groups excluding carboxylic acids is 1. The highest BCUT2D eigenvalue weighted by molar-refractivity contribution is 6.67. The average Bonchev–Trinajstić information content (AvgIpc) is 2.64. The minimum atomic E-state index is -2.23. The molecular formula is C18H14ClF5O3. The lowest BCUT2D eigenvalue weighted by molar-refractivity contribution is 0.108. The smallest absolute Gasteiger partial charge is 0.252 e. The summed E-state index contributed by atoms with van der Waals surface area (Å²) in [5.41, 5.74) is 1.02. The molecule has 0 aromatic heterocycles. The molecule has 0 saturated carbocycles. The molecule has 27 heavy (non-hydrogen) atoms. The highest BCUT2D eigenvalue weighted by atomic mass is 35.5. The van der Waals surface area contributed by atoms with Gasteiger partial charge in [0.25, 0.3) is 5.24 Å². The molecule has 0 heterocycles. The van der Waals surface area contributed by atoms with E-state index in [1.165, 1.54) is 6.07 Å². The van der Waals surface area contributed by atoms with Crippen LogP contribution in [0.2, 0.25) is 0 Å². The van der Waals surface area contributed by atoms with Gasteiger partial charge in [-0.2, -0.15) is 8.78 Å². The maximum atomic E-state index is 13.4. The molecule has 0 fully saturated rings. The number of carbonyl (C=O) groups is 1. The maximum Gasteiger partial charge on any atom is 0.252 e. The molecule has 2 aromatic rings. The summed E-state index contributed by atoms with van der Waals surface area (Å²) in [6.07, 6.45) is 0.641. The van der Waals surface area contributed by atoms with Gasteiger partial charge < -0.3 is 9.47 Å². The van der Waals surface area contributed by atoms with E-state index in [0.29, 0.717) is 23.3 Å². The lowest BCUT2D eigenvalue weighted by Gasteiger charge is -2.11. The van der Waals surface area contributed by atoms with Crippen LogP contribution in [-0.4, -0.2) is 18.5 Å². The summed E-state index contributed by atoms with van der Waals surface area (Å²) >= 11 is 5.38. The second kappa shape index (κ2) is 9.03. The van der Waals surface area contributed by atoms with Crippen LogP contribution in [0.5, 0.6) is 11.5 Å². The fourth-order valence-electron chi connectivity index (χ4n) is 2.21. The molecule has 0 amide bonds. The third kappa shape index (κ3) is 4.88. The molecule has 0 aliphatic carbocycles. The first-order valence-electron chi connectivity index (χ1n) is 7.81. The van der Waals surface area contributed by atoms with Gasteiger partial charge in [0, 0.05) is 5.56 Å². The van der Waals surface area contributed by atoms with E-state index >= 15 is 0 Å². The summed E-state index contributed by atoms with van der Waals surface area (Å²) in [5.74, 6) is -11.1. The van der Waals surface area contributed by atoms with Crippen molar-refractivity contribution in [3.63, 3.8) is 0 Å². The van der Waals surface area contributed by atoms with Gasteiger partial charge in [0.15, 0.2) is 5.75 Å². The molecule has 0 radical (unpaired) electrons. The Morgan fingerprint density at radius 3 is 1.93 bits per heavy atom. The molecule has 0 unspecified atom stereocenters. The molecule has 146 valence electrons. The number of benzene rings is 2. The van der Waals surface area contributed by atoms with Gasteiger partial charge in [0.05, 0.1) is 13.2 Å². The van der Waals surface area contributed by atoms with Crippen molar-refractivity contribution in [1.29, 1.82) is 0 Å². The molecule has 0 aliphatic heterocycles. The van der Waals surface area contributed by atoms with E-state index in [4.69, 9.17) is 21.1 Å². The summed E-state index contributed by atoms with van der Waals surface area (Å²) in [6.45, 7) is 1.68. The zero-order valence-corrected chi connectivity index (χ0v) is 14.8. The Hall–Kier alpha value is -2.35. The number of aryl methyl sites for hydroxylation is 1. The van der Waals surface area contributed by atoms with Crippen molar-refractivity contribution < 1.29 is 36.2 Å². The number of unbranched alkanes of at least 4 members (excludes halogenated alkanes) is 1. The first-order chi connectivity index (χ1) is 12.7. The van der Waals surface area contributed by atoms with Crippen molar-refractivity contribution in [3.05, 3.63) is 58.4 Å². The van der Waals surface area contributed by atoms with Gasteiger partial charge >= 0.3 is 0 Å². The molecule has 2 rings (SSSR count). The van der Waals surface area contributed by atoms with Gasteiger partial charge in [0.2, 0.25) is 29.1 Å². The van der Waals surface area contributed by atoms with Crippen molar-refractivity contribution >= 4 is 16.8 Å². The van der Waals surface area contributed by atoms with E-state index in [9.17, 15) is 26.7 Å². The fraction of sp³-hybridized carbons (Fsp3) is 0.278. The number of hydrogen-bond donors (Lipinski definition) is 0. The largest absolute Gasteiger partial charge is 0.493 e. The Kier molecular flexibility index (Phi) is 7.01. The van der Waals surface area contributed by atoms with E-state index in [-0.39, 0.29) is 19.6 Å². The van der Waals surface area contributed by atoms with Crippen LogP contribution >= 0.6 is 11.6 Å². The predicted molar refractivity (Wildman–Crippen MR) is 87.8 cm³/mol. The second-order valence-corrected chi connectivity index (χ2v) is 5.90. The van der Waals surface area contributed by atoms with E-state index in [1.54, 1.807) is 19.1 Å². The number of hydrogen-bond acceptors (Lipinski definition) is 3. The fourth-order valence-corrected chi connectivity index (χ4v) is 2.32. The molecule has 0 aliphatic rings. The Labute approximate surface area is 156 Å². The molecule has 0 spiro atoms. The molecule has 0 saturated heterocycles. The van der Waals surface area contributed by atoms with Crippen LogP contribution in [0.1, 0.15) is 28.8 Å². The highest BCUT2D eigenvalue weighted by Crippen LogP contribution is 2.29. The lowest BCUT2D eigenvalue weighted by atomic mass is 10.1. The van der Waals surface area contributed by atoms with Gasteiger partial charge in [-0.3, -0.25) is 4.79 Å². The summed E-state index contributed by atoms with van der Waals surface area (Å²) in [5, 5.41) is -0.588. The molecule has 3 nitrogen and oxygen atoms in total. The quantitative estimate of drug-likeness (QED) is 0.195. The second-order valence-electron chi connectivity index (χ2n) is 5.56. The first kappa shape index (κ1) is 21.0. The van der Waals surface area contributed by atoms with Crippen molar-refractivity contribution in [2.75, 3.05) is 13.2 Å². The molecule has 0 atom stereocenters. The standard InChI is InChI=1S/C18H14ClF5O3/c1-9-8-10(18(19)25)4-5-11(9)26-6-2-3-7-27-17-15(23)13(21)12(20)14(22)16(17)24/h4-5,8H,2-3,6-7H2,1H3. The Balaban J connectivity index is 1.83. The first-order valence-corrected chi connectivity index (χ1v) is 8.19. The zero-order chi connectivity index (χ0) is 20.1. The van der Waals surface area contributed by atoms with Gasteiger partial charge in [0.1, 0.15) is 5.75 Å². The van der Waals surface area contributed by atoms with E-state index in [2.05, 4.69) is 0 Å². The molecule has 0 N–H and O–H groups in total.